The van der Waals surface area contributed by atoms with E-state index in [-0.39, 0.29) is 10.8 Å². The van der Waals surface area contributed by atoms with E-state index in [0.717, 1.165) is 5.56 Å². The molecule has 0 bridgehead atoms. The van der Waals surface area contributed by atoms with Crippen LogP contribution in [-0.4, -0.2) is 30.7 Å². The van der Waals surface area contributed by atoms with Gasteiger partial charge in [-0.15, -0.1) is 10.2 Å². The Morgan fingerprint density at radius 1 is 1.22 bits per heavy atom. The lowest BCUT2D eigenvalue weighted by Gasteiger charge is -2.13. The molecule has 0 aliphatic heterocycles. The summed E-state index contributed by atoms with van der Waals surface area (Å²) in [5, 5.41) is 7.93. The van der Waals surface area contributed by atoms with Crippen LogP contribution in [0, 0.1) is 20.8 Å². The number of aromatic amines is 1. The van der Waals surface area contributed by atoms with Crippen LogP contribution in [0.4, 0.5) is 5.69 Å². The van der Waals surface area contributed by atoms with E-state index in [2.05, 4.69) is 19.9 Å². The highest BCUT2D eigenvalue weighted by atomic mass is 32.2. The molecule has 0 saturated carbocycles. The maximum Gasteiger partial charge on any atom is 0.264 e. The molecular weight excluding hydrogens is 368 g/mol. The second-order valence-electron chi connectivity index (χ2n) is 6.24. The summed E-state index contributed by atoms with van der Waals surface area (Å²) in [5.41, 5.74) is 2.78. The third kappa shape index (κ3) is 3.55. The summed E-state index contributed by atoms with van der Waals surface area (Å²) in [5.74, 6) is 1.20. The Morgan fingerprint density at radius 3 is 2.59 bits per heavy atom. The molecule has 2 N–H and O–H groups in total. The minimum absolute atomic E-state index is 0.150. The van der Waals surface area contributed by atoms with Gasteiger partial charge >= 0.3 is 0 Å². The highest BCUT2D eigenvalue weighted by Crippen LogP contribution is 2.33. The molecule has 8 nitrogen and oxygen atoms in total. The van der Waals surface area contributed by atoms with Gasteiger partial charge in [0.05, 0.1) is 12.8 Å². The first-order valence-electron chi connectivity index (χ1n) is 8.46. The molecule has 0 saturated heterocycles. The summed E-state index contributed by atoms with van der Waals surface area (Å²) in [4.78, 5) is 3.20. The average Bonchev–Trinajstić information content (AvgIpc) is 3.19. The van der Waals surface area contributed by atoms with Crippen molar-refractivity contribution in [1.82, 2.24) is 15.2 Å². The van der Waals surface area contributed by atoms with E-state index >= 15 is 0 Å². The van der Waals surface area contributed by atoms with Gasteiger partial charge in [0.15, 0.2) is 0 Å². The van der Waals surface area contributed by atoms with Gasteiger partial charge < -0.3 is 14.1 Å². The number of aryl methyl sites for hydroxylation is 3. The number of nitrogens with zero attached hydrogens (tertiary/aromatic N) is 2. The molecule has 144 valence electrons. The fourth-order valence-electron chi connectivity index (χ4n) is 2.94. The first kappa shape index (κ1) is 19.0. The first-order valence-corrected chi connectivity index (χ1v) is 9.94. The predicted molar refractivity (Wildman–Crippen MR) is 101 cm³/mol. The quantitative estimate of drug-likeness (QED) is 0.668. The Hall–Kier alpha value is -2.81. The lowest BCUT2D eigenvalue weighted by atomic mass is 10.2. The van der Waals surface area contributed by atoms with Gasteiger partial charge in [-0.3, -0.25) is 4.72 Å². The number of methoxy groups -OCH3 is 1. The number of H-pyrrole nitrogens is 1. The van der Waals surface area contributed by atoms with Crippen LogP contribution < -0.4 is 9.46 Å². The number of ether oxygens (including phenoxy) is 1. The van der Waals surface area contributed by atoms with Crippen LogP contribution in [0.3, 0.4) is 0 Å². The fourth-order valence-corrected chi connectivity index (χ4v) is 4.46. The average molecular weight is 390 g/mol. The summed E-state index contributed by atoms with van der Waals surface area (Å²) in [6.45, 7) is 7.18. The maximum atomic E-state index is 13.1. The van der Waals surface area contributed by atoms with Crippen molar-refractivity contribution in [3.63, 3.8) is 0 Å². The monoisotopic (exact) mass is 390 g/mol. The van der Waals surface area contributed by atoms with E-state index in [1.165, 1.54) is 7.11 Å². The molecule has 2 heterocycles. The highest BCUT2D eigenvalue weighted by Gasteiger charge is 2.27. The summed E-state index contributed by atoms with van der Waals surface area (Å²) >= 11 is 0. The van der Waals surface area contributed by atoms with Crippen molar-refractivity contribution in [3.8, 4) is 17.3 Å². The van der Waals surface area contributed by atoms with Gasteiger partial charge in [0.1, 0.15) is 16.3 Å². The number of nitrogens with one attached hydrogen (secondary N) is 2. The first-order chi connectivity index (χ1) is 12.8. The zero-order chi connectivity index (χ0) is 19.8. The van der Waals surface area contributed by atoms with Crippen LogP contribution in [-0.2, 0) is 16.4 Å². The van der Waals surface area contributed by atoms with Gasteiger partial charge in [-0.25, -0.2) is 8.42 Å². The van der Waals surface area contributed by atoms with E-state index in [1.54, 1.807) is 26.0 Å². The molecule has 0 aliphatic carbocycles. The second-order valence-corrected chi connectivity index (χ2v) is 7.86. The largest absolute Gasteiger partial charge is 0.495 e. The smallest absolute Gasteiger partial charge is 0.264 e. The molecule has 3 aromatic rings. The lowest BCUT2D eigenvalue weighted by molar-refractivity contribution is 0.417. The molecule has 1 aromatic carbocycles. The molecule has 27 heavy (non-hydrogen) atoms. The van der Waals surface area contributed by atoms with Crippen molar-refractivity contribution in [1.29, 1.82) is 0 Å². The van der Waals surface area contributed by atoms with Crippen molar-refractivity contribution >= 4 is 15.7 Å². The standard InChI is InChI=1S/C18H22N4O4S/c1-6-15-20-21-18(26-15)16-11(3)17(12(4)19-16)27(23,24)22-13-9-10(2)7-8-14(13)25-5/h7-9,19,22H,6H2,1-5H3. The third-order valence-corrected chi connectivity index (χ3v) is 5.86. The van der Waals surface area contributed by atoms with Gasteiger partial charge in [0.25, 0.3) is 15.9 Å². The normalized spacial score (nSPS) is 11.6. The topological polar surface area (TPSA) is 110 Å². The minimum Gasteiger partial charge on any atom is -0.495 e. The van der Waals surface area contributed by atoms with E-state index in [0.29, 0.717) is 40.7 Å². The summed E-state index contributed by atoms with van der Waals surface area (Å²) in [7, 11) is -2.37. The number of anilines is 1. The molecule has 0 radical (unpaired) electrons. The highest BCUT2D eigenvalue weighted by molar-refractivity contribution is 7.92. The van der Waals surface area contributed by atoms with Gasteiger partial charge in [0, 0.05) is 17.7 Å². The van der Waals surface area contributed by atoms with Crippen molar-refractivity contribution in [2.24, 2.45) is 0 Å². The fraction of sp³-hybridized carbons (Fsp3) is 0.333. The molecule has 0 aliphatic rings. The Bertz CT molecular complexity index is 1080. The number of hydrogen-bond acceptors (Lipinski definition) is 6. The Morgan fingerprint density at radius 2 is 1.96 bits per heavy atom. The molecule has 0 atom stereocenters. The van der Waals surface area contributed by atoms with Gasteiger partial charge in [-0.05, 0) is 38.5 Å². The molecular formula is C18H22N4O4S. The van der Waals surface area contributed by atoms with Crippen molar-refractivity contribution in [2.75, 3.05) is 11.8 Å². The second kappa shape index (κ2) is 7.07. The number of benzene rings is 1. The molecule has 0 unspecified atom stereocenters. The number of aromatic nitrogens is 3. The van der Waals surface area contributed by atoms with Crippen LogP contribution >= 0.6 is 0 Å². The lowest BCUT2D eigenvalue weighted by Crippen LogP contribution is -2.15. The zero-order valence-electron chi connectivity index (χ0n) is 15.9. The van der Waals surface area contributed by atoms with Crippen molar-refractivity contribution in [3.05, 3.63) is 40.9 Å². The summed E-state index contributed by atoms with van der Waals surface area (Å²) in [6.07, 6.45) is 0.603. The van der Waals surface area contributed by atoms with Gasteiger partial charge in [0.2, 0.25) is 5.89 Å². The van der Waals surface area contributed by atoms with E-state index in [1.807, 2.05) is 19.9 Å². The van der Waals surface area contributed by atoms with Crippen LogP contribution in [0.15, 0.2) is 27.5 Å². The minimum atomic E-state index is -3.86. The summed E-state index contributed by atoms with van der Waals surface area (Å²) < 4.78 is 39.6. The molecule has 9 heteroatoms. The molecule has 2 aromatic heterocycles. The van der Waals surface area contributed by atoms with Gasteiger partial charge in [-0.2, -0.15) is 0 Å². The van der Waals surface area contributed by atoms with Crippen LogP contribution in [0.1, 0.15) is 29.6 Å². The van der Waals surface area contributed by atoms with Crippen LogP contribution in [0.25, 0.3) is 11.6 Å². The number of rotatable bonds is 6. The molecule has 0 spiro atoms. The molecule has 0 amide bonds. The maximum absolute atomic E-state index is 13.1. The predicted octanol–water partition coefficient (Wildman–Crippen LogP) is 3.36. The SMILES string of the molecule is CCc1nnc(-c2[nH]c(C)c(S(=O)(=O)Nc3cc(C)ccc3OC)c2C)o1. The Balaban J connectivity index is 2.04. The van der Waals surface area contributed by atoms with Crippen LogP contribution in [0.2, 0.25) is 0 Å². The third-order valence-electron chi connectivity index (χ3n) is 4.22. The van der Waals surface area contributed by atoms with E-state index in [4.69, 9.17) is 9.15 Å². The summed E-state index contributed by atoms with van der Waals surface area (Å²) in [6, 6.07) is 5.29. The van der Waals surface area contributed by atoms with E-state index in [9.17, 15) is 8.42 Å². The van der Waals surface area contributed by atoms with Crippen molar-refractivity contribution in [2.45, 2.75) is 39.0 Å². The van der Waals surface area contributed by atoms with Crippen molar-refractivity contribution < 1.29 is 17.6 Å². The Kier molecular flexibility index (Phi) is 4.97. The van der Waals surface area contributed by atoms with E-state index < -0.39 is 10.0 Å². The Labute approximate surface area is 158 Å². The van der Waals surface area contributed by atoms with Crippen LogP contribution in [0.5, 0.6) is 5.75 Å². The number of sulfonamides is 1. The number of hydrogen-bond donors (Lipinski definition) is 2. The molecule has 0 fully saturated rings. The molecule has 3 rings (SSSR count). The zero-order valence-corrected chi connectivity index (χ0v) is 16.7. The van der Waals surface area contributed by atoms with Gasteiger partial charge in [-0.1, -0.05) is 13.0 Å².